The smallest absolute Gasteiger partial charge is 0.120 e. The Morgan fingerprint density at radius 1 is 1.41 bits per heavy atom. The highest BCUT2D eigenvalue weighted by Crippen LogP contribution is 2.43. The van der Waals surface area contributed by atoms with Gasteiger partial charge in [-0.2, -0.15) is 0 Å². The number of hydrogen-bond donors (Lipinski definition) is 0. The fourth-order valence-corrected chi connectivity index (χ4v) is 3.19. The van der Waals surface area contributed by atoms with Crippen molar-refractivity contribution in [2.75, 3.05) is 30.9 Å². The lowest BCUT2D eigenvalue weighted by molar-refractivity contribution is 0.179. The Hall–Kier alpha value is -0.700. The molecule has 0 unspecified atom stereocenters. The van der Waals surface area contributed by atoms with Crippen molar-refractivity contribution in [3.8, 4) is 5.75 Å². The van der Waals surface area contributed by atoms with Crippen molar-refractivity contribution in [3.05, 3.63) is 24.3 Å². The van der Waals surface area contributed by atoms with E-state index in [0.29, 0.717) is 5.41 Å². The van der Waals surface area contributed by atoms with Crippen LogP contribution in [-0.4, -0.2) is 26.0 Å². The summed E-state index contributed by atoms with van der Waals surface area (Å²) in [6, 6.07) is 8.27. The number of anilines is 1. The molecule has 0 aromatic heterocycles. The van der Waals surface area contributed by atoms with Gasteiger partial charge < -0.3 is 9.64 Å². The highest BCUT2D eigenvalue weighted by atomic mass is 79.9. The Bertz CT molecular complexity index is 371. The van der Waals surface area contributed by atoms with Crippen molar-refractivity contribution >= 4 is 21.6 Å². The first-order valence-electron chi connectivity index (χ1n) is 6.10. The van der Waals surface area contributed by atoms with Gasteiger partial charge in [0.05, 0.1) is 7.11 Å². The minimum Gasteiger partial charge on any atom is -0.497 e. The van der Waals surface area contributed by atoms with Crippen LogP contribution >= 0.6 is 15.9 Å². The number of alkyl halides is 1. The molecule has 1 aliphatic carbocycles. The van der Waals surface area contributed by atoms with Crippen molar-refractivity contribution < 1.29 is 4.74 Å². The second kappa shape index (κ2) is 5.30. The highest BCUT2D eigenvalue weighted by Gasteiger charge is 2.36. The van der Waals surface area contributed by atoms with Crippen LogP contribution in [0, 0.1) is 5.41 Å². The lowest BCUT2D eigenvalue weighted by Crippen LogP contribution is -2.42. The molecule has 2 nitrogen and oxygen atoms in total. The third-order valence-electron chi connectivity index (χ3n) is 3.76. The molecule has 0 bridgehead atoms. The molecule has 1 saturated carbocycles. The molecule has 0 radical (unpaired) electrons. The monoisotopic (exact) mass is 297 g/mol. The van der Waals surface area contributed by atoms with Crippen LogP contribution in [0.3, 0.4) is 0 Å². The first kappa shape index (κ1) is 12.7. The predicted molar refractivity (Wildman–Crippen MR) is 76.3 cm³/mol. The van der Waals surface area contributed by atoms with Crippen LogP contribution in [0.1, 0.15) is 19.3 Å². The van der Waals surface area contributed by atoms with E-state index in [1.54, 1.807) is 7.11 Å². The van der Waals surface area contributed by atoms with Gasteiger partial charge in [0, 0.05) is 30.7 Å². The van der Waals surface area contributed by atoms with Gasteiger partial charge in [-0.05, 0) is 30.4 Å². The third kappa shape index (κ3) is 2.76. The van der Waals surface area contributed by atoms with Crippen LogP contribution in [0.25, 0.3) is 0 Å². The zero-order chi connectivity index (χ0) is 12.3. The van der Waals surface area contributed by atoms with E-state index < -0.39 is 0 Å². The minimum absolute atomic E-state index is 0.484. The molecular weight excluding hydrogens is 278 g/mol. The predicted octanol–water partition coefficient (Wildman–Crippen LogP) is 3.70. The standard InChI is InChI=1S/C14H20BrNO/c1-16(11-14(10-15)7-4-8-14)12-5-3-6-13(9-12)17-2/h3,5-6,9H,4,7-8,10-11H2,1-2H3. The van der Waals surface area contributed by atoms with Crippen LogP contribution in [0.2, 0.25) is 0 Å². The Morgan fingerprint density at radius 3 is 2.71 bits per heavy atom. The first-order valence-corrected chi connectivity index (χ1v) is 7.22. The van der Waals surface area contributed by atoms with E-state index in [9.17, 15) is 0 Å². The molecule has 0 saturated heterocycles. The Kier molecular flexibility index (Phi) is 3.97. The van der Waals surface area contributed by atoms with Crippen molar-refractivity contribution in [2.24, 2.45) is 5.41 Å². The number of halogens is 1. The quantitative estimate of drug-likeness (QED) is 0.769. The average Bonchev–Trinajstić information content (AvgIpc) is 2.33. The van der Waals surface area contributed by atoms with E-state index in [1.807, 2.05) is 12.1 Å². The molecule has 0 N–H and O–H groups in total. The number of benzene rings is 1. The van der Waals surface area contributed by atoms with Crippen LogP contribution in [0.4, 0.5) is 5.69 Å². The number of rotatable bonds is 5. The number of methoxy groups -OCH3 is 1. The molecule has 1 aromatic rings. The second-order valence-corrected chi connectivity index (χ2v) is 5.61. The molecule has 1 aromatic carbocycles. The van der Waals surface area contributed by atoms with Gasteiger partial charge in [0.1, 0.15) is 5.75 Å². The molecular formula is C14H20BrNO. The van der Waals surface area contributed by atoms with E-state index >= 15 is 0 Å². The summed E-state index contributed by atoms with van der Waals surface area (Å²) in [6.07, 6.45) is 4.05. The summed E-state index contributed by atoms with van der Waals surface area (Å²) in [5, 5.41) is 1.11. The lowest BCUT2D eigenvalue weighted by atomic mass is 9.70. The lowest BCUT2D eigenvalue weighted by Gasteiger charge is -2.43. The minimum atomic E-state index is 0.484. The SMILES string of the molecule is COc1cccc(N(C)CC2(CBr)CCC2)c1. The molecule has 2 rings (SSSR count). The van der Waals surface area contributed by atoms with Crippen molar-refractivity contribution in [2.45, 2.75) is 19.3 Å². The molecule has 1 fully saturated rings. The molecule has 0 atom stereocenters. The van der Waals surface area contributed by atoms with Gasteiger partial charge in [-0.1, -0.05) is 28.4 Å². The molecule has 0 amide bonds. The number of hydrogen-bond acceptors (Lipinski definition) is 2. The van der Waals surface area contributed by atoms with Crippen LogP contribution in [-0.2, 0) is 0 Å². The summed E-state index contributed by atoms with van der Waals surface area (Å²) in [7, 11) is 3.88. The van der Waals surface area contributed by atoms with Gasteiger partial charge in [-0.3, -0.25) is 0 Å². The second-order valence-electron chi connectivity index (χ2n) is 5.04. The molecule has 94 valence electrons. The summed E-state index contributed by atoms with van der Waals surface area (Å²) in [4.78, 5) is 2.34. The fraction of sp³-hybridized carbons (Fsp3) is 0.571. The van der Waals surface area contributed by atoms with Crippen molar-refractivity contribution in [1.29, 1.82) is 0 Å². The third-order valence-corrected chi connectivity index (χ3v) is 4.95. The first-order chi connectivity index (χ1) is 8.19. The maximum atomic E-state index is 5.27. The summed E-state index contributed by atoms with van der Waals surface area (Å²) in [5.74, 6) is 0.927. The highest BCUT2D eigenvalue weighted by molar-refractivity contribution is 9.09. The molecule has 0 heterocycles. The zero-order valence-corrected chi connectivity index (χ0v) is 12.2. The summed E-state index contributed by atoms with van der Waals surface area (Å²) in [5.41, 5.74) is 1.72. The van der Waals surface area contributed by atoms with Gasteiger partial charge in [0.15, 0.2) is 0 Å². The van der Waals surface area contributed by atoms with Gasteiger partial charge in [0.2, 0.25) is 0 Å². The van der Waals surface area contributed by atoms with E-state index in [1.165, 1.54) is 24.9 Å². The summed E-state index contributed by atoms with van der Waals surface area (Å²) in [6.45, 7) is 1.12. The van der Waals surface area contributed by atoms with Gasteiger partial charge in [0.25, 0.3) is 0 Å². The van der Waals surface area contributed by atoms with Crippen LogP contribution < -0.4 is 9.64 Å². The number of nitrogens with zero attached hydrogens (tertiary/aromatic N) is 1. The van der Waals surface area contributed by atoms with Crippen LogP contribution in [0.5, 0.6) is 5.75 Å². The summed E-state index contributed by atoms with van der Waals surface area (Å²) >= 11 is 3.66. The molecule has 1 aliphatic rings. The van der Waals surface area contributed by atoms with Gasteiger partial charge in [-0.25, -0.2) is 0 Å². The fourth-order valence-electron chi connectivity index (χ4n) is 2.45. The normalized spacial score (nSPS) is 17.4. The molecule has 0 spiro atoms. The number of ether oxygens (including phenoxy) is 1. The Morgan fingerprint density at radius 2 is 2.18 bits per heavy atom. The summed E-state index contributed by atoms with van der Waals surface area (Å²) < 4.78 is 5.27. The van der Waals surface area contributed by atoms with Crippen molar-refractivity contribution in [3.63, 3.8) is 0 Å². The van der Waals surface area contributed by atoms with E-state index in [4.69, 9.17) is 4.74 Å². The zero-order valence-electron chi connectivity index (χ0n) is 10.6. The average molecular weight is 298 g/mol. The topological polar surface area (TPSA) is 12.5 Å². The maximum Gasteiger partial charge on any atom is 0.120 e. The van der Waals surface area contributed by atoms with Gasteiger partial charge in [-0.15, -0.1) is 0 Å². The van der Waals surface area contributed by atoms with Gasteiger partial charge >= 0.3 is 0 Å². The van der Waals surface area contributed by atoms with Crippen LogP contribution in [0.15, 0.2) is 24.3 Å². The Balaban J connectivity index is 2.05. The molecule has 0 aliphatic heterocycles. The maximum absolute atomic E-state index is 5.27. The molecule has 3 heteroatoms. The largest absolute Gasteiger partial charge is 0.497 e. The van der Waals surface area contributed by atoms with E-state index in [0.717, 1.165) is 17.6 Å². The Labute approximate surface area is 112 Å². The van der Waals surface area contributed by atoms with E-state index in [-0.39, 0.29) is 0 Å². The molecule has 17 heavy (non-hydrogen) atoms. The van der Waals surface area contributed by atoms with Crippen molar-refractivity contribution in [1.82, 2.24) is 0 Å². The van der Waals surface area contributed by atoms with E-state index in [2.05, 4.69) is 40.0 Å².